The number of anilines is 1. The van der Waals surface area contributed by atoms with E-state index in [4.69, 9.17) is 5.73 Å². The molecule has 5 heteroatoms. The first kappa shape index (κ1) is 15.3. The van der Waals surface area contributed by atoms with Crippen molar-refractivity contribution in [3.63, 3.8) is 0 Å². The number of benzene rings is 1. The van der Waals surface area contributed by atoms with Crippen LogP contribution in [-0.4, -0.2) is 23.6 Å². The summed E-state index contributed by atoms with van der Waals surface area (Å²) in [6, 6.07) is 6.30. The molecule has 0 saturated carbocycles. The van der Waals surface area contributed by atoms with E-state index in [-0.39, 0.29) is 11.8 Å². The van der Waals surface area contributed by atoms with Crippen LogP contribution >= 0.6 is 15.9 Å². The van der Waals surface area contributed by atoms with E-state index >= 15 is 0 Å². The van der Waals surface area contributed by atoms with Crippen molar-refractivity contribution in [2.45, 2.75) is 38.8 Å². The summed E-state index contributed by atoms with van der Waals surface area (Å²) in [6.07, 6.45) is 1.32. The van der Waals surface area contributed by atoms with Gasteiger partial charge in [-0.25, -0.2) is 0 Å². The van der Waals surface area contributed by atoms with Crippen LogP contribution in [0.15, 0.2) is 22.7 Å². The molecule has 1 heterocycles. The van der Waals surface area contributed by atoms with Crippen LogP contribution in [0.3, 0.4) is 0 Å². The summed E-state index contributed by atoms with van der Waals surface area (Å²) in [4.78, 5) is 13.6. The van der Waals surface area contributed by atoms with Gasteiger partial charge >= 0.3 is 0 Å². The fourth-order valence-electron chi connectivity index (χ4n) is 2.73. The Kier molecular flexibility index (Phi) is 4.70. The van der Waals surface area contributed by atoms with Gasteiger partial charge in [0.15, 0.2) is 0 Å². The Balaban J connectivity index is 2.25. The van der Waals surface area contributed by atoms with E-state index in [9.17, 15) is 9.90 Å². The third-order valence-electron chi connectivity index (χ3n) is 4.05. The largest absolute Gasteiger partial charge is 0.389 e. The quantitative estimate of drug-likeness (QED) is 0.888. The second-order valence-corrected chi connectivity index (χ2v) is 6.41. The van der Waals surface area contributed by atoms with Gasteiger partial charge in [-0.1, -0.05) is 22.0 Å². The Morgan fingerprint density at radius 3 is 2.75 bits per heavy atom. The molecule has 3 N–H and O–H groups in total. The number of halogens is 1. The van der Waals surface area contributed by atoms with Crippen LogP contribution in [0.5, 0.6) is 0 Å². The Morgan fingerprint density at radius 1 is 1.50 bits per heavy atom. The Labute approximate surface area is 128 Å². The van der Waals surface area contributed by atoms with Crippen molar-refractivity contribution in [1.82, 2.24) is 0 Å². The maximum absolute atomic E-state index is 11.4. The van der Waals surface area contributed by atoms with E-state index in [1.807, 2.05) is 18.2 Å². The van der Waals surface area contributed by atoms with E-state index in [1.165, 1.54) is 0 Å². The molecule has 110 valence electrons. The number of hydrogen-bond acceptors (Lipinski definition) is 3. The van der Waals surface area contributed by atoms with Crippen LogP contribution in [0, 0.1) is 5.92 Å². The van der Waals surface area contributed by atoms with Gasteiger partial charge in [0.25, 0.3) is 0 Å². The molecule has 0 radical (unpaired) electrons. The molecule has 1 amide bonds. The van der Waals surface area contributed by atoms with Crippen LogP contribution in [0.1, 0.15) is 38.4 Å². The molecule has 0 bridgehead atoms. The molecule has 3 atom stereocenters. The summed E-state index contributed by atoms with van der Waals surface area (Å²) in [5.41, 5.74) is 7.36. The molecule has 1 saturated heterocycles. The molecule has 0 aliphatic carbocycles. The average Bonchev–Trinajstić information content (AvgIpc) is 2.38. The van der Waals surface area contributed by atoms with Gasteiger partial charge < -0.3 is 15.7 Å². The summed E-state index contributed by atoms with van der Waals surface area (Å²) in [5.74, 6) is -0.303. The van der Waals surface area contributed by atoms with E-state index < -0.39 is 6.10 Å². The SMILES string of the molecule is CC(O)c1ccc(N2CC(C(N)=O)CCC2C)cc1Br. The smallest absolute Gasteiger partial charge is 0.222 e. The minimum atomic E-state index is -0.504. The molecule has 1 fully saturated rings. The van der Waals surface area contributed by atoms with E-state index in [2.05, 4.69) is 27.8 Å². The number of nitrogens with two attached hydrogens (primary N) is 1. The number of rotatable bonds is 3. The molecule has 4 nitrogen and oxygen atoms in total. The van der Waals surface area contributed by atoms with Crippen LogP contribution in [0.25, 0.3) is 0 Å². The van der Waals surface area contributed by atoms with Crippen LogP contribution < -0.4 is 10.6 Å². The highest BCUT2D eigenvalue weighted by molar-refractivity contribution is 9.10. The number of hydrogen-bond donors (Lipinski definition) is 2. The van der Waals surface area contributed by atoms with E-state index in [0.29, 0.717) is 12.6 Å². The highest BCUT2D eigenvalue weighted by Crippen LogP contribution is 2.32. The number of piperidine rings is 1. The van der Waals surface area contributed by atoms with E-state index in [1.54, 1.807) is 6.92 Å². The van der Waals surface area contributed by atoms with Crippen molar-refractivity contribution in [1.29, 1.82) is 0 Å². The van der Waals surface area contributed by atoms with Crippen molar-refractivity contribution in [2.24, 2.45) is 11.7 Å². The van der Waals surface area contributed by atoms with Gasteiger partial charge in [0.1, 0.15) is 0 Å². The molecule has 0 spiro atoms. The van der Waals surface area contributed by atoms with Gasteiger partial charge in [-0.2, -0.15) is 0 Å². The van der Waals surface area contributed by atoms with Crippen molar-refractivity contribution >= 4 is 27.5 Å². The van der Waals surface area contributed by atoms with Gasteiger partial charge in [0, 0.05) is 22.7 Å². The number of aliphatic hydroxyl groups excluding tert-OH is 1. The van der Waals surface area contributed by atoms with Gasteiger partial charge in [-0.3, -0.25) is 4.79 Å². The minimum Gasteiger partial charge on any atom is -0.389 e. The molecular formula is C15H21BrN2O2. The summed E-state index contributed by atoms with van der Waals surface area (Å²) in [7, 11) is 0. The predicted molar refractivity (Wildman–Crippen MR) is 83.5 cm³/mol. The molecule has 1 aliphatic rings. The first-order valence-corrected chi connectivity index (χ1v) is 7.73. The van der Waals surface area contributed by atoms with Crippen molar-refractivity contribution in [3.05, 3.63) is 28.2 Å². The topological polar surface area (TPSA) is 66.6 Å². The first-order valence-electron chi connectivity index (χ1n) is 6.93. The number of carbonyl (C=O) groups excluding carboxylic acids is 1. The van der Waals surface area contributed by atoms with Crippen LogP contribution in [0.4, 0.5) is 5.69 Å². The van der Waals surface area contributed by atoms with Gasteiger partial charge in [-0.15, -0.1) is 0 Å². The second-order valence-electron chi connectivity index (χ2n) is 5.56. The molecule has 3 unspecified atom stereocenters. The first-order chi connectivity index (χ1) is 9.40. The maximum Gasteiger partial charge on any atom is 0.222 e. The second kappa shape index (κ2) is 6.14. The monoisotopic (exact) mass is 340 g/mol. The van der Waals surface area contributed by atoms with Gasteiger partial charge in [0.05, 0.1) is 12.0 Å². The zero-order valence-electron chi connectivity index (χ0n) is 11.8. The highest BCUT2D eigenvalue weighted by Gasteiger charge is 2.29. The van der Waals surface area contributed by atoms with Gasteiger partial charge in [0.2, 0.25) is 5.91 Å². The van der Waals surface area contributed by atoms with Crippen molar-refractivity contribution in [2.75, 3.05) is 11.4 Å². The average molecular weight is 341 g/mol. The number of amides is 1. The third kappa shape index (κ3) is 3.15. The lowest BCUT2D eigenvalue weighted by Gasteiger charge is -2.38. The number of primary amides is 1. The van der Waals surface area contributed by atoms with Crippen LogP contribution in [0.2, 0.25) is 0 Å². The van der Waals surface area contributed by atoms with E-state index in [0.717, 1.165) is 28.6 Å². The molecule has 2 rings (SSSR count). The molecular weight excluding hydrogens is 320 g/mol. The maximum atomic E-state index is 11.4. The number of nitrogens with zero attached hydrogens (tertiary/aromatic N) is 1. The molecule has 1 aromatic carbocycles. The predicted octanol–water partition coefficient (Wildman–Crippen LogP) is 2.59. The third-order valence-corrected chi connectivity index (χ3v) is 4.74. The lowest BCUT2D eigenvalue weighted by atomic mass is 9.92. The Morgan fingerprint density at radius 2 is 2.20 bits per heavy atom. The summed E-state index contributed by atoms with van der Waals surface area (Å²) >= 11 is 3.50. The summed E-state index contributed by atoms with van der Waals surface area (Å²) in [5, 5.41) is 9.67. The zero-order chi connectivity index (χ0) is 14.9. The lowest BCUT2D eigenvalue weighted by Crippen LogP contribution is -2.45. The Hall–Kier alpha value is -1.07. The van der Waals surface area contributed by atoms with Crippen LogP contribution in [-0.2, 0) is 4.79 Å². The lowest BCUT2D eigenvalue weighted by molar-refractivity contribution is -0.122. The zero-order valence-corrected chi connectivity index (χ0v) is 13.4. The number of carbonyl (C=O) groups is 1. The fourth-order valence-corrected chi connectivity index (χ4v) is 3.43. The minimum absolute atomic E-state index is 0.0820. The highest BCUT2D eigenvalue weighted by atomic mass is 79.9. The van der Waals surface area contributed by atoms with Gasteiger partial charge in [-0.05, 0) is 44.4 Å². The standard InChI is InChI=1S/C15H21BrN2O2/c1-9-3-4-11(15(17)20)8-18(9)12-5-6-13(10(2)19)14(16)7-12/h5-7,9-11,19H,3-4,8H2,1-2H3,(H2,17,20). The molecule has 1 aliphatic heterocycles. The van der Waals surface area contributed by atoms with Crippen molar-refractivity contribution in [3.8, 4) is 0 Å². The summed E-state index contributed by atoms with van der Waals surface area (Å²) < 4.78 is 0.887. The molecule has 1 aromatic rings. The fraction of sp³-hybridized carbons (Fsp3) is 0.533. The Bertz CT molecular complexity index is 505. The molecule has 0 aromatic heterocycles. The molecule has 20 heavy (non-hydrogen) atoms. The number of aliphatic hydroxyl groups is 1. The van der Waals surface area contributed by atoms with Crippen molar-refractivity contribution < 1.29 is 9.90 Å². The summed E-state index contributed by atoms with van der Waals surface area (Å²) in [6.45, 7) is 4.57. The normalized spacial score (nSPS) is 24.5.